The van der Waals surface area contributed by atoms with Crippen molar-refractivity contribution < 1.29 is 18.8 Å². The number of amides is 4. The number of nitrogens with one attached hydrogen (secondary N) is 2. The second-order valence-corrected chi connectivity index (χ2v) is 8.26. The SMILES string of the molecule is O=C(CSc1nnc(-c2cccs2)o1)NN1C(=O)NC2(CCCCC2)C1=O. The highest BCUT2D eigenvalue weighted by atomic mass is 32.2. The molecule has 2 aromatic heterocycles. The summed E-state index contributed by atoms with van der Waals surface area (Å²) in [5, 5.41) is 13.5. The molecule has 2 aromatic rings. The number of thiophene rings is 1. The van der Waals surface area contributed by atoms with E-state index in [0.29, 0.717) is 18.7 Å². The first-order chi connectivity index (χ1) is 13.1. The van der Waals surface area contributed by atoms with Crippen molar-refractivity contribution in [2.24, 2.45) is 0 Å². The zero-order valence-electron chi connectivity index (χ0n) is 14.3. The summed E-state index contributed by atoms with van der Waals surface area (Å²) in [7, 11) is 0. The zero-order valence-corrected chi connectivity index (χ0v) is 15.9. The van der Waals surface area contributed by atoms with Crippen molar-refractivity contribution in [2.45, 2.75) is 42.9 Å². The molecule has 1 saturated heterocycles. The molecule has 11 heteroatoms. The lowest BCUT2D eigenvalue weighted by Crippen LogP contribution is -2.51. The van der Waals surface area contributed by atoms with E-state index in [0.717, 1.165) is 40.9 Å². The van der Waals surface area contributed by atoms with Crippen molar-refractivity contribution in [1.29, 1.82) is 0 Å². The van der Waals surface area contributed by atoms with Gasteiger partial charge in [-0.25, -0.2) is 4.79 Å². The van der Waals surface area contributed by atoms with Gasteiger partial charge in [-0.15, -0.1) is 21.5 Å². The number of thioether (sulfide) groups is 1. The minimum atomic E-state index is -0.863. The molecule has 3 heterocycles. The van der Waals surface area contributed by atoms with E-state index in [1.165, 1.54) is 11.3 Å². The van der Waals surface area contributed by atoms with Crippen LogP contribution in [0, 0.1) is 0 Å². The van der Waals surface area contributed by atoms with E-state index in [9.17, 15) is 14.4 Å². The van der Waals surface area contributed by atoms with Crippen LogP contribution in [0.3, 0.4) is 0 Å². The Kier molecular flexibility index (Phi) is 4.87. The molecule has 0 bridgehead atoms. The average molecular weight is 407 g/mol. The number of hydrogen-bond donors (Lipinski definition) is 2. The van der Waals surface area contributed by atoms with Crippen molar-refractivity contribution in [3.63, 3.8) is 0 Å². The van der Waals surface area contributed by atoms with E-state index in [1.54, 1.807) is 0 Å². The summed E-state index contributed by atoms with van der Waals surface area (Å²) in [5.74, 6) is -0.548. The molecule has 142 valence electrons. The summed E-state index contributed by atoms with van der Waals surface area (Å²) in [6.45, 7) is 0. The molecule has 0 unspecified atom stereocenters. The van der Waals surface area contributed by atoms with Gasteiger partial charge in [-0.2, -0.15) is 5.01 Å². The number of imide groups is 1. The van der Waals surface area contributed by atoms with Crippen LogP contribution in [-0.2, 0) is 9.59 Å². The Bertz CT molecular complexity index is 860. The summed E-state index contributed by atoms with van der Waals surface area (Å²) in [4.78, 5) is 37.8. The standard InChI is InChI=1S/C16H17N5O4S2/c22-11(9-27-15-19-18-12(25-15)10-5-4-8-26-10)20-21-13(23)16(17-14(21)24)6-2-1-3-7-16/h4-5,8H,1-3,6-7,9H2,(H,17,24)(H,20,22). The summed E-state index contributed by atoms with van der Waals surface area (Å²) in [6.07, 6.45) is 4.02. The molecule has 2 aliphatic rings. The van der Waals surface area contributed by atoms with Crippen LogP contribution < -0.4 is 10.7 Å². The maximum Gasteiger partial charge on any atom is 0.344 e. The van der Waals surface area contributed by atoms with Crippen LogP contribution >= 0.6 is 23.1 Å². The fraction of sp³-hybridized carbons (Fsp3) is 0.438. The fourth-order valence-corrected chi connectivity index (χ4v) is 4.47. The highest BCUT2D eigenvalue weighted by molar-refractivity contribution is 7.99. The molecule has 27 heavy (non-hydrogen) atoms. The third kappa shape index (κ3) is 3.56. The molecule has 4 amide bonds. The van der Waals surface area contributed by atoms with Crippen LogP contribution in [0.15, 0.2) is 27.2 Å². The number of nitrogens with zero attached hydrogens (tertiary/aromatic N) is 3. The highest BCUT2D eigenvalue weighted by Gasteiger charge is 2.52. The van der Waals surface area contributed by atoms with Crippen LogP contribution in [0.25, 0.3) is 10.8 Å². The van der Waals surface area contributed by atoms with Crippen LogP contribution in [0.5, 0.6) is 0 Å². The molecule has 1 aliphatic heterocycles. The molecule has 0 radical (unpaired) electrons. The number of urea groups is 1. The Morgan fingerprint density at radius 2 is 2.15 bits per heavy atom. The molecule has 4 rings (SSSR count). The Morgan fingerprint density at radius 3 is 2.89 bits per heavy atom. The third-order valence-electron chi connectivity index (χ3n) is 4.57. The molecular weight excluding hydrogens is 390 g/mol. The summed E-state index contributed by atoms with van der Waals surface area (Å²) >= 11 is 2.51. The third-order valence-corrected chi connectivity index (χ3v) is 6.25. The van der Waals surface area contributed by atoms with Crippen molar-refractivity contribution in [1.82, 2.24) is 25.9 Å². The molecular formula is C16H17N5O4S2. The van der Waals surface area contributed by atoms with Gasteiger partial charge in [0.1, 0.15) is 5.54 Å². The Balaban J connectivity index is 1.33. The van der Waals surface area contributed by atoms with E-state index >= 15 is 0 Å². The normalized spacial score (nSPS) is 18.7. The lowest BCUT2D eigenvalue weighted by atomic mass is 9.82. The van der Waals surface area contributed by atoms with Gasteiger partial charge in [0.25, 0.3) is 17.0 Å². The van der Waals surface area contributed by atoms with Gasteiger partial charge in [0.15, 0.2) is 0 Å². The quantitative estimate of drug-likeness (QED) is 0.576. The van der Waals surface area contributed by atoms with Crippen LogP contribution in [0.4, 0.5) is 4.79 Å². The number of hydrazine groups is 1. The predicted octanol–water partition coefficient (Wildman–Crippen LogP) is 2.18. The van der Waals surface area contributed by atoms with Crippen molar-refractivity contribution >= 4 is 40.9 Å². The second kappa shape index (κ2) is 7.31. The van der Waals surface area contributed by atoms with Crippen molar-refractivity contribution in [2.75, 3.05) is 5.75 Å². The Labute approximate surface area is 162 Å². The Morgan fingerprint density at radius 1 is 1.33 bits per heavy atom. The van der Waals surface area contributed by atoms with Gasteiger partial charge in [0.05, 0.1) is 10.6 Å². The highest BCUT2D eigenvalue weighted by Crippen LogP contribution is 2.33. The van der Waals surface area contributed by atoms with E-state index in [4.69, 9.17) is 4.42 Å². The van der Waals surface area contributed by atoms with Gasteiger partial charge in [0.2, 0.25) is 5.91 Å². The minimum absolute atomic E-state index is 0.0594. The molecule has 1 spiro atoms. The lowest BCUT2D eigenvalue weighted by Gasteiger charge is -2.30. The van der Waals surface area contributed by atoms with Gasteiger partial charge in [-0.3, -0.25) is 15.0 Å². The molecule has 0 aromatic carbocycles. The van der Waals surface area contributed by atoms with E-state index < -0.39 is 17.5 Å². The van der Waals surface area contributed by atoms with Gasteiger partial charge in [-0.1, -0.05) is 37.1 Å². The average Bonchev–Trinajstić information content (AvgIpc) is 3.39. The van der Waals surface area contributed by atoms with Gasteiger partial charge < -0.3 is 9.73 Å². The lowest BCUT2D eigenvalue weighted by molar-refractivity contribution is -0.139. The topological polar surface area (TPSA) is 117 Å². The van der Waals surface area contributed by atoms with Gasteiger partial charge in [-0.05, 0) is 24.3 Å². The minimum Gasteiger partial charge on any atom is -0.410 e. The molecule has 2 N–H and O–H groups in total. The number of carbonyl (C=O) groups is 3. The summed E-state index contributed by atoms with van der Waals surface area (Å²) < 4.78 is 5.49. The van der Waals surface area contributed by atoms with Crippen LogP contribution in [0.1, 0.15) is 32.1 Å². The number of rotatable bonds is 5. The predicted molar refractivity (Wildman–Crippen MR) is 97.7 cm³/mol. The van der Waals surface area contributed by atoms with Crippen molar-refractivity contribution in [3.8, 4) is 10.8 Å². The van der Waals surface area contributed by atoms with Crippen LogP contribution in [0.2, 0.25) is 0 Å². The molecule has 0 atom stereocenters. The second-order valence-electron chi connectivity index (χ2n) is 6.39. The number of aromatic nitrogens is 2. The Hall–Kier alpha value is -2.40. The first-order valence-electron chi connectivity index (χ1n) is 8.54. The molecule has 9 nitrogen and oxygen atoms in total. The van der Waals surface area contributed by atoms with E-state index in [2.05, 4.69) is 20.9 Å². The van der Waals surface area contributed by atoms with Gasteiger partial charge in [0, 0.05) is 0 Å². The maximum atomic E-state index is 12.6. The molecule has 2 fully saturated rings. The summed E-state index contributed by atoms with van der Waals surface area (Å²) in [6, 6.07) is 3.15. The largest absolute Gasteiger partial charge is 0.410 e. The number of carbonyl (C=O) groups excluding carboxylic acids is 3. The molecule has 1 saturated carbocycles. The first kappa shape index (κ1) is 18.0. The fourth-order valence-electron chi connectivity index (χ4n) is 3.27. The van der Waals surface area contributed by atoms with Gasteiger partial charge >= 0.3 is 6.03 Å². The van der Waals surface area contributed by atoms with Crippen molar-refractivity contribution in [3.05, 3.63) is 17.5 Å². The smallest absolute Gasteiger partial charge is 0.344 e. The molecule has 1 aliphatic carbocycles. The van der Waals surface area contributed by atoms with Crippen LogP contribution in [-0.4, -0.2) is 44.3 Å². The monoisotopic (exact) mass is 407 g/mol. The number of hydrogen-bond acceptors (Lipinski definition) is 8. The summed E-state index contributed by atoms with van der Waals surface area (Å²) in [5.41, 5.74) is 1.52. The maximum absolute atomic E-state index is 12.6. The zero-order chi connectivity index (χ0) is 18.9. The van der Waals surface area contributed by atoms with E-state index in [1.807, 2.05) is 17.5 Å². The first-order valence-corrected chi connectivity index (χ1v) is 10.4. The van der Waals surface area contributed by atoms with E-state index in [-0.39, 0.29) is 16.9 Å².